The maximum absolute atomic E-state index is 12.3. The molecule has 0 saturated carbocycles. The normalized spacial score (nSPS) is 11.8. The fourth-order valence-electron chi connectivity index (χ4n) is 2.23. The molecular weight excluding hydrogens is 288 g/mol. The van der Waals surface area contributed by atoms with E-state index in [4.69, 9.17) is 5.73 Å². The van der Waals surface area contributed by atoms with Gasteiger partial charge in [-0.15, -0.1) is 0 Å². The van der Waals surface area contributed by atoms with E-state index in [0.29, 0.717) is 0 Å². The van der Waals surface area contributed by atoms with Gasteiger partial charge in [-0.3, -0.25) is 4.68 Å². The lowest BCUT2D eigenvalue weighted by atomic mass is 10.2. The van der Waals surface area contributed by atoms with Crippen LogP contribution >= 0.6 is 0 Å². The molecule has 0 spiro atoms. The van der Waals surface area contributed by atoms with Crippen LogP contribution in [0.4, 0.5) is 5.69 Å². The molecule has 0 aliphatic rings. The minimum atomic E-state index is -3.64. The van der Waals surface area contributed by atoms with Gasteiger partial charge in [-0.2, -0.15) is 5.10 Å². The van der Waals surface area contributed by atoms with Gasteiger partial charge in [-0.25, -0.2) is 13.1 Å². The van der Waals surface area contributed by atoms with Gasteiger partial charge in [0.05, 0.1) is 11.4 Å². The van der Waals surface area contributed by atoms with Crippen LogP contribution in [0.2, 0.25) is 0 Å². The number of nitrogens with zero attached hydrogens (tertiary/aromatic N) is 2. The third kappa shape index (κ3) is 3.08. The first-order valence-electron chi connectivity index (χ1n) is 6.57. The summed E-state index contributed by atoms with van der Waals surface area (Å²) in [5.74, 6) is 0. The van der Waals surface area contributed by atoms with E-state index in [1.165, 1.54) is 6.07 Å². The molecule has 114 valence electrons. The molecule has 0 aliphatic carbocycles. The van der Waals surface area contributed by atoms with Gasteiger partial charge in [0.1, 0.15) is 4.90 Å². The predicted molar refractivity (Wildman–Crippen MR) is 82.3 cm³/mol. The predicted octanol–water partition coefficient (Wildman–Crippen LogP) is 1.41. The minimum Gasteiger partial charge on any atom is -0.398 e. The standard InChI is InChI=1S/C14H20N4O2S/c1-9-5-6-14(13(15)7-9)21(19,20)16-8-12-10(2)17-18(4)11(12)3/h5-7,16H,8,15H2,1-4H3. The third-order valence-electron chi connectivity index (χ3n) is 3.55. The maximum atomic E-state index is 12.3. The number of nitrogens with two attached hydrogens (primary N) is 1. The smallest absolute Gasteiger partial charge is 0.242 e. The molecule has 0 fully saturated rings. The summed E-state index contributed by atoms with van der Waals surface area (Å²) in [7, 11) is -1.81. The van der Waals surface area contributed by atoms with Crippen molar-refractivity contribution in [2.75, 3.05) is 5.73 Å². The number of sulfonamides is 1. The first-order valence-corrected chi connectivity index (χ1v) is 8.05. The Kier molecular flexibility index (Phi) is 4.06. The van der Waals surface area contributed by atoms with E-state index in [9.17, 15) is 8.42 Å². The molecule has 0 aliphatic heterocycles. The molecule has 0 atom stereocenters. The number of aromatic nitrogens is 2. The van der Waals surface area contributed by atoms with Crippen LogP contribution in [0.15, 0.2) is 23.1 Å². The van der Waals surface area contributed by atoms with Crippen LogP contribution in [0, 0.1) is 20.8 Å². The van der Waals surface area contributed by atoms with Crippen molar-refractivity contribution in [1.29, 1.82) is 0 Å². The second-order valence-electron chi connectivity index (χ2n) is 5.14. The van der Waals surface area contributed by atoms with E-state index in [1.54, 1.807) is 16.8 Å². The van der Waals surface area contributed by atoms with Gasteiger partial charge in [-0.05, 0) is 38.5 Å². The van der Waals surface area contributed by atoms with Crippen LogP contribution in [0.3, 0.4) is 0 Å². The summed E-state index contributed by atoms with van der Waals surface area (Å²) in [6, 6.07) is 4.90. The lowest BCUT2D eigenvalue weighted by molar-refractivity contribution is 0.581. The third-order valence-corrected chi connectivity index (χ3v) is 5.03. The summed E-state index contributed by atoms with van der Waals surface area (Å²) in [5.41, 5.74) is 9.61. The average Bonchev–Trinajstić information content (AvgIpc) is 2.60. The Hall–Kier alpha value is -1.86. The van der Waals surface area contributed by atoms with Crippen LogP contribution in [0.25, 0.3) is 0 Å². The van der Waals surface area contributed by atoms with Gasteiger partial charge < -0.3 is 5.73 Å². The van der Waals surface area contributed by atoms with Crippen molar-refractivity contribution in [2.45, 2.75) is 32.2 Å². The summed E-state index contributed by atoms with van der Waals surface area (Å²) in [6.45, 7) is 5.82. The second kappa shape index (κ2) is 5.50. The zero-order valence-electron chi connectivity index (χ0n) is 12.6. The number of hydrogen-bond acceptors (Lipinski definition) is 4. The average molecular weight is 308 g/mol. The molecule has 1 aromatic carbocycles. The monoisotopic (exact) mass is 308 g/mol. The Morgan fingerprint density at radius 2 is 1.95 bits per heavy atom. The topological polar surface area (TPSA) is 90.0 Å². The molecule has 0 unspecified atom stereocenters. The molecule has 0 amide bonds. The number of nitrogen functional groups attached to an aromatic ring is 1. The fourth-order valence-corrected chi connectivity index (χ4v) is 3.34. The highest BCUT2D eigenvalue weighted by Crippen LogP contribution is 2.20. The van der Waals surface area contributed by atoms with Gasteiger partial charge in [0.15, 0.2) is 0 Å². The largest absolute Gasteiger partial charge is 0.398 e. The number of aryl methyl sites for hydroxylation is 3. The zero-order chi connectivity index (χ0) is 15.8. The summed E-state index contributed by atoms with van der Waals surface area (Å²) in [6.07, 6.45) is 0. The van der Waals surface area contributed by atoms with E-state index < -0.39 is 10.0 Å². The van der Waals surface area contributed by atoms with Crippen molar-refractivity contribution in [3.63, 3.8) is 0 Å². The minimum absolute atomic E-state index is 0.104. The first-order chi connectivity index (χ1) is 9.72. The molecular formula is C14H20N4O2S. The first kappa shape index (κ1) is 15.5. The van der Waals surface area contributed by atoms with Crippen molar-refractivity contribution >= 4 is 15.7 Å². The Morgan fingerprint density at radius 3 is 2.48 bits per heavy atom. The number of nitrogens with one attached hydrogen (secondary N) is 1. The van der Waals surface area contributed by atoms with Crippen LogP contribution in [-0.4, -0.2) is 18.2 Å². The van der Waals surface area contributed by atoms with Gasteiger partial charge in [0, 0.05) is 24.8 Å². The molecule has 1 heterocycles. The summed E-state index contributed by atoms with van der Waals surface area (Å²) >= 11 is 0. The summed E-state index contributed by atoms with van der Waals surface area (Å²) < 4.78 is 29.0. The second-order valence-corrected chi connectivity index (χ2v) is 6.87. The van der Waals surface area contributed by atoms with Gasteiger partial charge in [0.25, 0.3) is 0 Å². The van der Waals surface area contributed by atoms with E-state index >= 15 is 0 Å². The Morgan fingerprint density at radius 1 is 1.29 bits per heavy atom. The quantitative estimate of drug-likeness (QED) is 0.836. The molecule has 6 nitrogen and oxygen atoms in total. The van der Waals surface area contributed by atoms with Crippen LogP contribution < -0.4 is 10.5 Å². The Balaban J connectivity index is 2.26. The molecule has 0 saturated heterocycles. The molecule has 7 heteroatoms. The molecule has 0 radical (unpaired) electrons. The van der Waals surface area contributed by atoms with E-state index in [0.717, 1.165) is 22.5 Å². The van der Waals surface area contributed by atoms with Crippen LogP contribution in [-0.2, 0) is 23.6 Å². The zero-order valence-corrected chi connectivity index (χ0v) is 13.5. The van der Waals surface area contributed by atoms with E-state index in [-0.39, 0.29) is 17.1 Å². The summed E-state index contributed by atoms with van der Waals surface area (Å²) in [4.78, 5) is 0.104. The number of benzene rings is 1. The lowest BCUT2D eigenvalue weighted by Crippen LogP contribution is -2.24. The van der Waals surface area contributed by atoms with E-state index in [1.807, 2.05) is 27.8 Å². The highest BCUT2D eigenvalue weighted by Gasteiger charge is 2.19. The number of hydrogen-bond donors (Lipinski definition) is 2. The molecule has 2 aromatic rings. The van der Waals surface area contributed by atoms with Crippen molar-refractivity contribution in [1.82, 2.24) is 14.5 Å². The molecule has 1 aromatic heterocycles. The van der Waals surface area contributed by atoms with Crippen molar-refractivity contribution in [3.05, 3.63) is 40.7 Å². The van der Waals surface area contributed by atoms with Crippen LogP contribution in [0.1, 0.15) is 22.5 Å². The highest BCUT2D eigenvalue weighted by atomic mass is 32.2. The molecule has 0 bridgehead atoms. The molecule has 3 N–H and O–H groups in total. The fraction of sp³-hybridized carbons (Fsp3) is 0.357. The highest BCUT2D eigenvalue weighted by molar-refractivity contribution is 7.89. The number of rotatable bonds is 4. The van der Waals surface area contributed by atoms with Gasteiger partial charge in [0.2, 0.25) is 10.0 Å². The number of anilines is 1. The van der Waals surface area contributed by atoms with Crippen molar-refractivity contribution in [2.24, 2.45) is 7.05 Å². The Labute approximate surface area is 125 Å². The van der Waals surface area contributed by atoms with Crippen LogP contribution in [0.5, 0.6) is 0 Å². The molecule has 2 rings (SSSR count). The van der Waals surface area contributed by atoms with Crippen molar-refractivity contribution in [3.8, 4) is 0 Å². The molecule has 21 heavy (non-hydrogen) atoms. The maximum Gasteiger partial charge on any atom is 0.242 e. The van der Waals surface area contributed by atoms with Gasteiger partial charge >= 0.3 is 0 Å². The van der Waals surface area contributed by atoms with Crippen molar-refractivity contribution < 1.29 is 8.42 Å². The summed E-state index contributed by atoms with van der Waals surface area (Å²) in [5, 5.41) is 4.27. The SMILES string of the molecule is Cc1ccc(S(=O)(=O)NCc2c(C)nn(C)c2C)c(N)c1. The lowest BCUT2D eigenvalue weighted by Gasteiger charge is -2.10. The van der Waals surface area contributed by atoms with Gasteiger partial charge in [-0.1, -0.05) is 6.07 Å². The Bertz CT molecular complexity index is 779. The van der Waals surface area contributed by atoms with E-state index in [2.05, 4.69) is 9.82 Å².